The number of carbonyl (C=O) groups excluding carboxylic acids is 14. The molecule has 0 unspecified atom stereocenters. The highest BCUT2D eigenvalue weighted by Crippen LogP contribution is 2.18. The Morgan fingerprint density at radius 2 is 0.748 bits per heavy atom. The van der Waals surface area contributed by atoms with Crippen LogP contribution in [0.2, 0.25) is 0 Å². The molecule has 30 N–H and O–H groups in total. The van der Waals surface area contributed by atoms with E-state index in [-0.39, 0.29) is 125 Å². The van der Waals surface area contributed by atoms with Gasteiger partial charge in [-0.3, -0.25) is 86.7 Å². The van der Waals surface area contributed by atoms with E-state index >= 15 is 0 Å². The van der Waals surface area contributed by atoms with Gasteiger partial charge in [-0.2, -0.15) is 48.8 Å². The van der Waals surface area contributed by atoms with Gasteiger partial charge in [0.2, 0.25) is 82.7 Å². The van der Waals surface area contributed by atoms with Gasteiger partial charge in [-0.05, 0) is 157 Å². The van der Waals surface area contributed by atoms with E-state index in [2.05, 4.69) is 110 Å². The lowest BCUT2D eigenvalue weighted by molar-refractivity contribution is -0.143. The van der Waals surface area contributed by atoms with Crippen LogP contribution in [-0.2, 0) is 87.9 Å². The summed E-state index contributed by atoms with van der Waals surface area (Å²) in [5, 5.41) is 74.8. The van der Waals surface area contributed by atoms with Crippen LogP contribution in [0, 0.1) is 17.8 Å². The maximum Gasteiger partial charge on any atom is 0.326 e. The van der Waals surface area contributed by atoms with Crippen LogP contribution < -0.4 is 109 Å². The van der Waals surface area contributed by atoms with Crippen molar-refractivity contribution < 1.29 is 102 Å². The highest BCUT2D eigenvalue weighted by atomic mass is 32.2. The van der Waals surface area contributed by atoms with E-state index in [1.54, 1.807) is 54.1 Å². The number of phenolic OH excluding ortho intramolecular Hbond substituents is 1. The summed E-state index contributed by atoms with van der Waals surface area (Å²) in [5.74, 6) is -19.6. The predicted octanol–water partition coefficient (Wildman–Crippen LogP) is -4.75. The molecule has 0 radical (unpaired) electrons. The number of carboxylic acids is 3. The predicted molar refractivity (Wildman–Crippen MR) is 470 cm³/mol. The summed E-state index contributed by atoms with van der Waals surface area (Å²) in [6.07, 6.45) is 1.19. The number of carbonyl (C=O) groups is 17. The number of phenols is 1. The lowest BCUT2D eigenvalue weighted by Gasteiger charge is -2.30. The van der Waals surface area contributed by atoms with Crippen molar-refractivity contribution in [2.24, 2.45) is 62.1 Å². The number of nitrogens with two attached hydrogens (primary N) is 6. The second-order valence-corrected chi connectivity index (χ2v) is 32.8. The number of nitrogens with one attached hydrogen (secondary N) is 14. The average molecular weight is 1820 g/mol. The number of amides is 14. The van der Waals surface area contributed by atoms with E-state index in [4.69, 9.17) is 34.4 Å². The molecule has 0 aromatic heterocycles. The topological polar surface area (TPSA) is 720 Å². The van der Waals surface area contributed by atoms with Crippen LogP contribution in [0.4, 0.5) is 0 Å². The van der Waals surface area contributed by atoms with E-state index in [1.807, 2.05) is 0 Å². The average Bonchev–Trinajstić information content (AvgIpc) is 0.797. The van der Waals surface area contributed by atoms with Crippen molar-refractivity contribution in [1.82, 2.24) is 74.4 Å². The van der Waals surface area contributed by atoms with Crippen LogP contribution in [-0.4, -0.2) is 279 Å². The van der Waals surface area contributed by atoms with Crippen molar-refractivity contribution in [2.45, 2.75) is 249 Å². The number of carboxylic acid groups (broad SMARTS) is 3. The molecule has 0 aliphatic heterocycles. The van der Waals surface area contributed by atoms with E-state index in [1.165, 1.54) is 61.6 Å². The summed E-state index contributed by atoms with van der Waals surface area (Å²) in [6, 6.07) is -16.4. The molecule has 0 bridgehead atoms. The van der Waals surface area contributed by atoms with Gasteiger partial charge in [-0.25, -0.2) is 4.79 Å². The van der Waals surface area contributed by atoms with Gasteiger partial charge >= 0.3 is 17.9 Å². The first-order chi connectivity index (χ1) is 57.9. The molecule has 0 fully saturated rings. The summed E-state index contributed by atoms with van der Waals surface area (Å²) in [5.41, 5.74) is 34.1. The van der Waals surface area contributed by atoms with Gasteiger partial charge in [0.05, 0.1) is 6.04 Å². The number of unbranched alkanes of at least 4 members (excludes halogenated alkanes) is 1. The Balaban J connectivity index is 3.69. The Hall–Kier alpha value is -10.1. The fourth-order valence-electron chi connectivity index (χ4n) is 11.7. The minimum absolute atomic E-state index is 0.00719. The number of aromatic hydroxyl groups is 1. The minimum Gasteiger partial charge on any atom is -0.508 e. The van der Waals surface area contributed by atoms with E-state index in [9.17, 15) is 102 Å². The summed E-state index contributed by atoms with van der Waals surface area (Å²) >= 11 is 11.2. The van der Waals surface area contributed by atoms with Gasteiger partial charge in [0.25, 0.3) is 0 Å². The first-order valence-corrected chi connectivity index (χ1v) is 44.4. The normalized spacial score (nSPS) is 15.0. The number of nitrogens with zero attached hydrogens (tertiary/aromatic N) is 2. The van der Waals surface area contributed by atoms with Gasteiger partial charge in [0.15, 0.2) is 11.9 Å². The second kappa shape index (κ2) is 59.6. The third-order valence-corrected chi connectivity index (χ3v) is 21.0. The molecule has 1 aromatic rings. The van der Waals surface area contributed by atoms with Gasteiger partial charge in [0.1, 0.15) is 90.3 Å². The van der Waals surface area contributed by atoms with Crippen molar-refractivity contribution in [3.05, 3.63) is 29.8 Å². The molecule has 0 aliphatic rings. The number of aliphatic imine (C=N–C) groups is 2. The third-order valence-electron chi connectivity index (χ3n) is 19.0. The summed E-state index contributed by atoms with van der Waals surface area (Å²) in [6.45, 7) is 12.8. The first-order valence-electron chi connectivity index (χ1n) is 40.3. The molecule has 0 aliphatic carbocycles. The maximum atomic E-state index is 14.6. The number of hydrogen-bond acceptors (Lipinski definition) is 26. The maximum absolute atomic E-state index is 14.6. The number of guanidine groups is 2. The largest absolute Gasteiger partial charge is 0.508 e. The fraction of sp³-hybridized carbons (Fsp3) is 0.671. The molecular formula is C76H130N22O21S4. The zero-order chi connectivity index (χ0) is 93.3. The molecule has 123 heavy (non-hydrogen) atoms. The molecule has 43 nitrogen and oxygen atoms in total. The highest BCUT2D eigenvalue weighted by molar-refractivity contribution is 7.98. The lowest BCUT2D eigenvalue weighted by Crippen LogP contribution is -2.62. The van der Waals surface area contributed by atoms with E-state index in [0.717, 1.165) is 0 Å². The van der Waals surface area contributed by atoms with Crippen LogP contribution in [0.1, 0.15) is 157 Å². The molecule has 0 spiro atoms. The van der Waals surface area contributed by atoms with Crippen molar-refractivity contribution in [3.63, 3.8) is 0 Å². The van der Waals surface area contributed by atoms with Crippen LogP contribution in [0.5, 0.6) is 5.75 Å². The Kier molecular flexibility index (Phi) is 53.7. The molecule has 14 amide bonds. The number of hydrogen-bond donors (Lipinski definition) is 26. The van der Waals surface area contributed by atoms with E-state index in [0.29, 0.717) is 17.7 Å². The Bertz CT molecular complexity index is 3720. The highest BCUT2D eigenvalue weighted by Gasteiger charge is 2.39. The second-order valence-electron chi connectivity index (χ2n) is 30.1. The zero-order valence-electron chi connectivity index (χ0n) is 71.3. The number of benzene rings is 1. The molecule has 694 valence electrons. The van der Waals surface area contributed by atoms with Crippen LogP contribution in [0.25, 0.3) is 0 Å². The van der Waals surface area contributed by atoms with Crippen molar-refractivity contribution in [2.75, 3.05) is 55.2 Å². The first kappa shape index (κ1) is 111. The molecular weight excluding hydrogens is 1690 g/mol. The Labute approximate surface area is 735 Å². The summed E-state index contributed by atoms with van der Waals surface area (Å²) in [4.78, 5) is 242. The number of aliphatic carboxylic acids is 3. The smallest absolute Gasteiger partial charge is 0.326 e. The summed E-state index contributed by atoms with van der Waals surface area (Å²) < 4.78 is 0. The molecule has 0 saturated carbocycles. The van der Waals surface area contributed by atoms with Crippen LogP contribution in [0.15, 0.2) is 34.3 Å². The zero-order valence-corrected chi connectivity index (χ0v) is 74.7. The SMILES string of the molecule is CC[C@H](C)[C@H](NC(=O)[C@H](CC(C)C)NC(=O)[C@H](CS)NC(=O)[C@H](CCCCN)NC(=O)[C@H](CCC(=O)O)NC(=O)[C@H](CCC(=O)O)NC(=O)[C@H](Cc1ccc(O)cc1)NC(=O)[C@H](C)NC(=O)[C@H](CCSC)NC(=O)[C@@H](N)CCCN=C(N)N)C(=O)N[C@@H](CCSC)C(=O)N[C@@H](CCCN=C(N)N)C(=O)N[C@@H](CS)C(=O)N[C@@H](C)C(=O)N[C@H](C(=O)O)C(C)C. The quantitative estimate of drug-likeness (QED) is 0.0126. The molecule has 0 saturated heterocycles. The molecule has 1 rings (SSSR count). The lowest BCUT2D eigenvalue weighted by atomic mass is 9.96. The Morgan fingerprint density at radius 1 is 0.407 bits per heavy atom. The van der Waals surface area contributed by atoms with Gasteiger partial charge in [-0.15, -0.1) is 0 Å². The monoisotopic (exact) mass is 1810 g/mol. The Morgan fingerprint density at radius 3 is 1.15 bits per heavy atom. The molecule has 47 heteroatoms. The fourth-order valence-corrected chi connectivity index (χ4v) is 13.1. The van der Waals surface area contributed by atoms with Crippen molar-refractivity contribution in [3.8, 4) is 5.75 Å². The molecule has 0 heterocycles. The standard InChI is InChI=1S/C76H130N22O21S4/c1-11-40(6)59(73(117)92-51(28-33-123-10)68(112)89-47(18-15-31-84-76(81)82)65(109)95-54(36-120)71(115)86-42(8)61(105)97-58(39(4)5)74(118)119)98-70(114)52(34-38(2)3)94-72(116)55(37-121)96-64(108)46(17-12-13-29-77)88-66(110)48(23-25-56(100)101)90-67(111)49(24-26-57(102)103)91-69(113)53(35-43-19-21-44(99)22-20-43)93-60(104)41(7)85-63(107)50(27-32-122-9)87-62(106)45(78)16-14-30-83-75(79)80/h19-22,38-42,45-55,58-59,99,120-121H,11-18,23-37,77-78H2,1-10H3,(H,85,107)(H,86,115)(H,87,106)(H,88,110)(H,89,112)(H,90,111)(H,91,113)(H,92,117)(H,93,104)(H,94,116)(H,95,109)(H,96,108)(H,97,105)(H,98,114)(H,100,101)(H,102,103)(H,118,119)(H4,79,80,83)(H4,81,82,84)/t40-,41-,42-,45-,46-,47-,48-,49-,50-,51-,52-,53-,54-,55-,58-,59-/m0/s1. The van der Waals surface area contributed by atoms with Crippen LogP contribution >= 0.6 is 48.8 Å². The van der Waals surface area contributed by atoms with Gasteiger partial charge in [-0.1, -0.05) is 60.1 Å². The number of rotatable bonds is 62. The van der Waals surface area contributed by atoms with Crippen LogP contribution in [0.3, 0.4) is 0 Å². The van der Waals surface area contributed by atoms with E-state index < -0.39 is 235 Å². The molecule has 16 atom stereocenters. The number of thiol groups is 2. The van der Waals surface area contributed by atoms with Gasteiger partial charge in [0, 0.05) is 43.9 Å². The minimum atomic E-state index is -1.86. The third kappa shape index (κ3) is 44.2. The van der Waals surface area contributed by atoms with Crippen molar-refractivity contribution >= 4 is 161 Å². The molecule has 1 aromatic carbocycles. The number of thioether (sulfide) groups is 2. The van der Waals surface area contributed by atoms with Gasteiger partial charge < -0.3 is 129 Å². The van der Waals surface area contributed by atoms with Crippen molar-refractivity contribution in [1.29, 1.82) is 0 Å². The summed E-state index contributed by atoms with van der Waals surface area (Å²) in [7, 11) is 0.